The first-order chi connectivity index (χ1) is 12.1. The molecule has 0 saturated heterocycles. The second-order valence-electron chi connectivity index (χ2n) is 6.92. The number of hydrogen-bond donors (Lipinski definition) is 2. The van der Waals surface area contributed by atoms with E-state index < -0.39 is 0 Å². The molecule has 1 aliphatic heterocycles. The van der Waals surface area contributed by atoms with Crippen LogP contribution in [0, 0.1) is 12.8 Å². The molecule has 8 heteroatoms. The Labute approximate surface area is 172 Å². The maximum atomic E-state index is 5.39. The molecule has 3 heterocycles. The number of fused-ring (bicyclic) bond motifs is 1. The molecule has 0 saturated carbocycles. The fourth-order valence-electron chi connectivity index (χ4n) is 2.96. The SMILES string of the molecule is Cc1nc2n(n1)CCCC2NC(=NCC(C)C)NCCc1ccco1.I. The Morgan fingerprint density at radius 3 is 3.04 bits per heavy atom. The Morgan fingerprint density at radius 1 is 1.46 bits per heavy atom. The predicted octanol–water partition coefficient (Wildman–Crippen LogP) is 3.07. The summed E-state index contributed by atoms with van der Waals surface area (Å²) in [4.78, 5) is 9.32. The van der Waals surface area contributed by atoms with Crippen LogP contribution in [0.15, 0.2) is 27.8 Å². The number of nitrogens with zero attached hydrogens (tertiary/aromatic N) is 4. The zero-order valence-corrected chi connectivity index (χ0v) is 18.1. The van der Waals surface area contributed by atoms with Gasteiger partial charge in [-0.25, -0.2) is 9.67 Å². The van der Waals surface area contributed by atoms with Gasteiger partial charge in [0.25, 0.3) is 0 Å². The second-order valence-corrected chi connectivity index (χ2v) is 6.92. The van der Waals surface area contributed by atoms with Crippen LogP contribution in [0.1, 0.15) is 50.1 Å². The highest BCUT2D eigenvalue weighted by Gasteiger charge is 2.24. The number of halogens is 1. The molecule has 26 heavy (non-hydrogen) atoms. The maximum absolute atomic E-state index is 5.39. The zero-order valence-electron chi connectivity index (χ0n) is 15.7. The van der Waals surface area contributed by atoms with Gasteiger partial charge in [0.05, 0.1) is 12.3 Å². The van der Waals surface area contributed by atoms with E-state index in [1.807, 2.05) is 23.7 Å². The van der Waals surface area contributed by atoms with Crippen LogP contribution in [0.5, 0.6) is 0 Å². The summed E-state index contributed by atoms with van der Waals surface area (Å²) in [6, 6.07) is 4.06. The Hall–Kier alpha value is -1.58. The minimum Gasteiger partial charge on any atom is -0.469 e. The van der Waals surface area contributed by atoms with E-state index in [9.17, 15) is 0 Å². The summed E-state index contributed by atoms with van der Waals surface area (Å²) in [5.74, 6) is 4.16. The zero-order chi connectivity index (χ0) is 17.6. The first kappa shape index (κ1) is 20.7. The lowest BCUT2D eigenvalue weighted by Crippen LogP contribution is -2.42. The van der Waals surface area contributed by atoms with Crippen molar-refractivity contribution in [2.45, 2.75) is 52.6 Å². The van der Waals surface area contributed by atoms with Crippen molar-refractivity contribution >= 4 is 29.9 Å². The van der Waals surface area contributed by atoms with Gasteiger partial charge in [-0.15, -0.1) is 24.0 Å². The van der Waals surface area contributed by atoms with Crippen molar-refractivity contribution in [3.05, 3.63) is 35.8 Å². The molecule has 0 fully saturated rings. The molecule has 1 atom stereocenters. The maximum Gasteiger partial charge on any atom is 0.191 e. The summed E-state index contributed by atoms with van der Waals surface area (Å²) in [6.45, 7) is 8.79. The summed E-state index contributed by atoms with van der Waals surface area (Å²) in [6.07, 6.45) is 4.67. The molecule has 2 aromatic heterocycles. The molecule has 1 aliphatic rings. The Balaban J connectivity index is 0.00000243. The van der Waals surface area contributed by atoms with Crippen molar-refractivity contribution in [2.75, 3.05) is 13.1 Å². The number of hydrogen-bond acceptors (Lipinski definition) is 4. The Morgan fingerprint density at radius 2 is 2.31 bits per heavy atom. The minimum atomic E-state index is 0. The van der Waals surface area contributed by atoms with Crippen LogP contribution >= 0.6 is 24.0 Å². The minimum absolute atomic E-state index is 0. The van der Waals surface area contributed by atoms with E-state index in [-0.39, 0.29) is 30.0 Å². The number of rotatable bonds is 6. The van der Waals surface area contributed by atoms with Gasteiger partial charge in [0.1, 0.15) is 17.4 Å². The van der Waals surface area contributed by atoms with E-state index in [0.717, 1.165) is 62.3 Å². The topological polar surface area (TPSA) is 80.3 Å². The third-order valence-corrected chi connectivity index (χ3v) is 4.15. The number of furan rings is 1. The predicted molar refractivity (Wildman–Crippen MR) is 113 cm³/mol. The average molecular weight is 472 g/mol. The van der Waals surface area contributed by atoms with Crippen molar-refractivity contribution < 1.29 is 4.42 Å². The normalized spacial score (nSPS) is 16.9. The fraction of sp³-hybridized carbons (Fsp3) is 0.611. The lowest BCUT2D eigenvalue weighted by Gasteiger charge is -2.25. The van der Waals surface area contributed by atoms with Gasteiger partial charge in [-0.05, 0) is 37.8 Å². The number of aryl methyl sites for hydroxylation is 2. The average Bonchev–Trinajstić information content (AvgIpc) is 3.21. The molecule has 144 valence electrons. The van der Waals surface area contributed by atoms with Crippen molar-refractivity contribution in [3.63, 3.8) is 0 Å². The van der Waals surface area contributed by atoms with Gasteiger partial charge in [-0.2, -0.15) is 5.10 Å². The number of guanidine groups is 1. The van der Waals surface area contributed by atoms with Crippen molar-refractivity contribution in [2.24, 2.45) is 10.9 Å². The molecule has 0 amide bonds. The fourth-order valence-corrected chi connectivity index (χ4v) is 2.96. The van der Waals surface area contributed by atoms with E-state index in [0.29, 0.717) is 5.92 Å². The highest BCUT2D eigenvalue weighted by molar-refractivity contribution is 14.0. The van der Waals surface area contributed by atoms with Crippen LogP contribution < -0.4 is 10.6 Å². The molecule has 0 aromatic carbocycles. The highest BCUT2D eigenvalue weighted by Crippen LogP contribution is 2.22. The Bertz CT molecular complexity index is 695. The smallest absolute Gasteiger partial charge is 0.191 e. The van der Waals surface area contributed by atoms with Crippen LogP contribution in [-0.2, 0) is 13.0 Å². The quantitative estimate of drug-likeness (QED) is 0.384. The van der Waals surface area contributed by atoms with Crippen LogP contribution in [0.4, 0.5) is 0 Å². The van der Waals surface area contributed by atoms with Gasteiger partial charge in [-0.3, -0.25) is 4.99 Å². The molecular formula is C18H29IN6O. The molecule has 1 unspecified atom stereocenters. The van der Waals surface area contributed by atoms with Gasteiger partial charge < -0.3 is 15.1 Å². The first-order valence-electron chi connectivity index (χ1n) is 9.10. The monoisotopic (exact) mass is 472 g/mol. The summed E-state index contributed by atoms with van der Waals surface area (Å²) in [5, 5.41) is 11.4. The van der Waals surface area contributed by atoms with Crippen LogP contribution in [0.3, 0.4) is 0 Å². The summed E-state index contributed by atoms with van der Waals surface area (Å²) in [5.41, 5.74) is 0. The third-order valence-electron chi connectivity index (χ3n) is 4.15. The standard InChI is InChI=1S/C18H28N6O.HI/c1-13(2)12-20-18(19-9-8-15-6-5-11-25-15)22-16-7-4-10-24-17(16)21-14(3)23-24;/h5-6,11,13,16H,4,7-10,12H2,1-3H3,(H2,19,20,22);1H. The van der Waals surface area contributed by atoms with E-state index in [2.05, 4.69) is 34.6 Å². The third kappa shape index (κ3) is 5.72. The van der Waals surface area contributed by atoms with Crippen molar-refractivity contribution in [1.29, 1.82) is 0 Å². The van der Waals surface area contributed by atoms with Crippen molar-refractivity contribution in [3.8, 4) is 0 Å². The summed E-state index contributed by atoms with van der Waals surface area (Å²) < 4.78 is 7.40. The van der Waals surface area contributed by atoms with E-state index >= 15 is 0 Å². The van der Waals surface area contributed by atoms with Crippen LogP contribution in [0.2, 0.25) is 0 Å². The number of aliphatic imine (C=N–C) groups is 1. The van der Waals surface area contributed by atoms with E-state index in [1.54, 1.807) is 6.26 Å². The summed E-state index contributed by atoms with van der Waals surface area (Å²) in [7, 11) is 0. The second kappa shape index (κ2) is 9.94. The molecule has 0 spiro atoms. The molecule has 0 bridgehead atoms. The van der Waals surface area contributed by atoms with Gasteiger partial charge in [0.2, 0.25) is 0 Å². The van der Waals surface area contributed by atoms with Crippen LogP contribution in [0.25, 0.3) is 0 Å². The lowest BCUT2D eigenvalue weighted by atomic mass is 10.1. The van der Waals surface area contributed by atoms with E-state index in [1.165, 1.54) is 0 Å². The number of nitrogens with one attached hydrogen (secondary N) is 2. The highest BCUT2D eigenvalue weighted by atomic mass is 127. The van der Waals surface area contributed by atoms with Gasteiger partial charge in [0.15, 0.2) is 5.96 Å². The molecular weight excluding hydrogens is 443 g/mol. The van der Waals surface area contributed by atoms with Crippen molar-refractivity contribution in [1.82, 2.24) is 25.4 Å². The Kier molecular flexibility index (Phi) is 7.92. The molecule has 3 rings (SSSR count). The molecule has 2 aromatic rings. The molecule has 0 radical (unpaired) electrons. The van der Waals surface area contributed by atoms with Gasteiger partial charge in [-0.1, -0.05) is 13.8 Å². The first-order valence-corrected chi connectivity index (χ1v) is 9.10. The largest absolute Gasteiger partial charge is 0.469 e. The van der Waals surface area contributed by atoms with Gasteiger partial charge >= 0.3 is 0 Å². The van der Waals surface area contributed by atoms with E-state index in [4.69, 9.17) is 9.41 Å². The number of aromatic nitrogens is 3. The lowest BCUT2D eigenvalue weighted by molar-refractivity contribution is 0.397. The summed E-state index contributed by atoms with van der Waals surface area (Å²) >= 11 is 0. The molecule has 7 nitrogen and oxygen atoms in total. The molecule has 0 aliphatic carbocycles. The van der Waals surface area contributed by atoms with Gasteiger partial charge in [0, 0.05) is 26.1 Å². The molecule has 2 N–H and O–H groups in total. The van der Waals surface area contributed by atoms with Crippen LogP contribution in [-0.4, -0.2) is 33.8 Å².